The van der Waals surface area contributed by atoms with Crippen LogP contribution in [0.4, 0.5) is 87.8 Å². The van der Waals surface area contributed by atoms with Crippen molar-refractivity contribution in [3.63, 3.8) is 0 Å². The summed E-state index contributed by atoms with van der Waals surface area (Å²) in [6.07, 6.45) is 0.890. The number of benzene rings is 4. The minimum absolute atomic E-state index is 1.16. The quantitative estimate of drug-likeness (QED) is 0.0550. The molecule has 23 heteroatoms. The fourth-order valence-corrected chi connectivity index (χ4v) is 9.56. The molecule has 0 N–H and O–H groups in total. The highest BCUT2D eigenvalue weighted by Gasteiger charge is 2.52. The first-order chi connectivity index (χ1) is 27.5. The molecule has 4 aromatic rings. The van der Waals surface area contributed by atoms with Gasteiger partial charge in [-0.25, -0.2) is 87.8 Å². The van der Waals surface area contributed by atoms with Crippen LogP contribution in [0.5, 0.6) is 0 Å². The van der Waals surface area contributed by atoms with E-state index in [-0.39, 0.29) is 0 Å². The second-order valence-electron chi connectivity index (χ2n) is 12.9. The van der Waals surface area contributed by atoms with Crippen molar-refractivity contribution in [1.82, 2.24) is 0 Å². The van der Waals surface area contributed by atoms with Crippen molar-refractivity contribution < 1.29 is 91.9 Å². The van der Waals surface area contributed by atoms with Crippen LogP contribution in [0.25, 0.3) is 0 Å². The Labute approximate surface area is 320 Å². The maximum absolute atomic E-state index is 15.4. The van der Waals surface area contributed by atoms with Crippen molar-refractivity contribution >= 4 is 42.1 Å². The Balaban J connectivity index is 0.000000464. The van der Waals surface area contributed by atoms with Gasteiger partial charge in [-0.3, -0.25) is 0 Å². The Bertz CT molecular complexity index is 2000. The molecule has 0 heterocycles. The highest BCUT2D eigenvalue weighted by molar-refractivity contribution is 7.20. The molecule has 0 saturated heterocycles. The molecule has 1 aliphatic carbocycles. The molecule has 0 amide bonds. The van der Waals surface area contributed by atoms with E-state index in [4.69, 9.17) is 4.11 Å². The van der Waals surface area contributed by atoms with E-state index in [0.29, 0.717) is 0 Å². The van der Waals surface area contributed by atoms with Gasteiger partial charge in [0.2, 0.25) is 0 Å². The third-order valence-electron chi connectivity index (χ3n) is 10.1. The zero-order chi connectivity index (χ0) is 44.8. The molecule has 0 aliphatic heterocycles. The van der Waals surface area contributed by atoms with Gasteiger partial charge in [-0.1, -0.05) is 26.8 Å². The predicted molar refractivity (Wildman–Crippen MR) is 174 cm³/mol. The summed E-state index contributed by atoms with van der Waals surface area (Å²) in [5.74, 6) is -70.1. The van der Waals surface area contributed by atoms with Gasteiger partial charge >= 0.3 is 8.32 Å². The van der Waals surface area contributed by atoms with Crippen LogP contribution in [0.3, 0.4) is 0 Å². The second-order valence-corrected chi connectivity index (χ2v) is 17.6. The van der Waals surface area contributed by atoms with Gasteiger partial charge < -0.3 is 4.11 Å². The van der Waals surface area contributed by atoms with Gasteiger partial charge in [0.25, 0.3) is 5.78 Å². The zero-order valence-electron chi connectivity index (χ0n) is 29.9. The first kappa shape index (κ1) is 46.9. The lowest BCUT2D eigenvalue weighted by Gasteiger charge is -2.44. The fraction of sp³-hybridized carbons (Fsp3) is 0.250. The highest BCUT2D eigenvalue weighted by atomic mass is 28.4. The molecule has 4 aromatic carbocycles. The summed E-state index contributed by atoms with van der Waals surface area (Å²) in [6.45, 7) is 6.85. The van der Waals surface area contributed by atoms with E-state index < -0.39 is 153 Å². The van der Waals surface area contributed by atoms with Crippen molar-refractivity contribution in [3.05, 3.63) is 128 Å². The van der Waals surface area contributed by atoms with Gasteiger partial charge in [0.05, 0.1) is 6.42 Å². The molecular weight excluding hydrogens is 867 g/mol. The van der Waals surface area contributed by atoms with Gasteiger partial charge in [-0.15, -0.1) is 21.9 Å². The Morgan fingerprint density at radius 1 is 0.390 bits per heavy atom. The maximum atomic E-state index is 15.4. The van der Waals surface area contributed by atoms with Crippen LogP contribution in [0.1, 0.15) is 40.0 Å². The number of ketones is 1. The number of rotatable bonds is 8. The van der Waals surface area contributed by atoms with Gasteiger partial charge in [-0.05, 0) is 12.8 Å². The van der Waals surface area contributed by atoms with E-state index in [2.05, 4.69) is 32.9 Å². The largest absolute Gasteiger partial charge is 0.517 e. The highest BCUT2D eigenvalue weighted by Crippen LogP contribution is 2.31. The number of halogens is 20. The molecule has 0 spiro atoms. The molecule has 1 aliphatic rings. The standard InChI is InChI=1S/C24BF20.C12H23OSi/c26-5-1(6(27)14(35)21(42)13(5)34)25(2-7(28)15(36)22(43)16(37)8(2)29,3-9(30)17(38)23(44)18(39)10(3)31)4-11(32)19(40)24(45)20(41)12(4)33;1-4-14(5-2,6-3)13-12-10-8-7-9-11-12/h;8,10H,4-7,9,11H2,1-3H3/q-1;+1. The van der Waals surface area contributed by atoms with Gasteiger partial charge in [0, 0.05) is 24.2 Å². The first-order valence-corrected chi connectivity index (χ1v) is 19.4. The fourth-order valence-electron chi connectivity index (χ4n) is 6.90. The molecule has 320 valence electrons. The number of hydrogen-bond donors (Lipinski definition) is 0. The van der Waals surface area contributed by atoms with Crippen LogP contribution in [-0.4, -0.2) is 20.2 Å². The first-order valence-electron chi connectivity index (χ1n) is 16.9. The van der Waals surface area contributed by atoms with Crippen molar-refractivity contribution in [3.8, 4) is 0 Å². The summed E-state index contributed by atoms with van der Waals surface area (Å²) in [5.41, 5.74) is -14.3. The normalized spacial score (nSPS) is 14.0. The van der Waals surface area contributed by atoms with E-state index in [1.165, 1.54) is 36.8 Å². The second kappa shape index (κ2) is 17.4. The van der Waals surface area contributed by atoms with Crippen LogP contribution < -0.4 is 21.9 Å². The molecule has 0 bridgehead atoms. The third kappa shape index (κ3) is 7.40. The SMILES string of the molecule is CC[Si](CC)(CC)[O+]=C1C=CCCC1.Fc1c(F)c(F)c([B-](c2c(F)c(F)c(F)c(F)c2F)(c2c(F)c(F)c(F)c(F)c2F)c2c(F)c(F)c(F)c(F)c2F)c(F)c1F. The molecule has 5 rings (SSSR count). The summed E-state index contributed by atoms with van der Waals surface area (Å²) in [6, 6.07) is 3.74. The minimum atomic E-state index is -7.22. The molecule has 0 radical (unpaired) electrons. The molecule has 0 saturated carbocycles. The van der Waals surface area contributed by atoms with E-state index in [0.717, 1.165) is 6.42 Å². The van der Waals surface area contributed by atoms with Crippen molar-refractivity contribution in [2.75, 3.05) is 0 Å². The van der Waals surface area contributed by atoms with Crippen LogP contribution >= 0.6 is 0 Å². The smallest absolute Gasteiger partial charge is 0.375 e. The molecule has 0 aromatic heterocycles. The van der Waals surface area contributed by atoms with Crippen LogP contribution in [-0.2, 0) is 4.11 Å². The predicted octanol–water partition coefficient (Wildman–Crippen LogP) is 9.68. The van der Waals surface area contributed by atoms with Gasteiger partial charge in [0.15, 0.2) is 69.8 Å². The summed E-state index contributed by atoms with van der Waals surface area (Å²) in [7, 11) is -1.39. The number of hydrogen-bond acceptors (Lipinski definition) is 0. The van der Waals surface area contributed by atoms with E-state index in [1.807, 2.05) is 0 Å². The summed E-state index contributed by atoms with van der Waals surface area (Å²) >= 11 is 0. The topological polar surface area (TPSA) is 11.3 Å². The lowest BCUT2D eigenvalue weighted by atomic mass is 9.12. The summed E-state index contributed by atoms with van der Waals surface area (Å²) in [5, 5.41) is 0. The van der Waals surface area contributed by atoms with Crippen molar-refractivity contribution in [1.29, 1.82) is 0 Å². The molecule has 0 atom stereocenters. The van der Waals surface area contributed by atoms with Crippen LogP contribution in [0, 0.1) is 116 Å². The Kier molecular flexibility index (Phi) is 13.8. The number of allylic oxidation sites excluding steroid dienone is 2. The zero-order valence-corrected chi connectivity index (χ0v) is 30.9. The van der Waals surface area contributed by atoms with E-state index in [9.17, 15) is 52.7 Å². The number of carbonyl (C=O) groups excluding carboxylic acids is 1. The third-order valence-corrected chi connectivity index (χ3v) is 14.6. The van der Waals surface area contributed by atoms with Gasteiger partial charge in [0.1, 0.15) is 52.7 Å². The molecule has 0 unspecified atom stereocenters. The lowest BCUT2D eigenvalue weighted by Crippen LogP contribution is -2.81. The summed E-state index contributed by atoms with van der Waals surface area (Å²) in [4.78, 5) is 0. The average molecular weight is 890 g/mol. The average Bonchev–Trinajstić information content (AvgIpc) is 3.23. The minimum Gasteiger partial charge on any atom is -0.375 e. The lowest BCUT2D eigenvalue weighted by molar-refractivity contribution is -0.310. The summed E-state index contributed by atoms with van der Waals surface area (Å²) < 4.78 is 300. The van der Waals surface area contributed by atoms with Crippen molar-refractivity contribution in [2.24, 2.45) is 0 Å². The van der Waals surface area contributed by atoms with Crippen molar-refractivity contribution in [2.45, 2.75) is 58.2 Å². The molecule has 59 heavy (non-hydrogen) atoms. The molecule has 1 nitrogen and oxygen atoms in total. The Morgan fingerprint density at radius 2 is 0.610 bits per heavy atom. The molecular formula is C36H23BF20OSi. The Morgan fingerprint density at radius 3 is 0.797 bits per heavy atom. The van der Waals surface area contributed by atoms with E-state index in [1.54, 1.807) is 0 Å². The Hall–Kier alpha value is -4.83. The van der Waals surface area contributed by atoms with E-state index >= 15 is 35.1 Å². The van der Waals surface area contributed by atoms with Crippen LogP contribution in [0.15, 0.2) is 12.2 Å². The van der Waals surface area contributed by atoms with Gasteiger partial charge in [-0.2, -0.15) is 0 Å². The monoisotopic (exact) mass is 890 g/mol. The molecule has 0 fully saturated rings. The maximum Gasteiger partial charge on any atom is 0.517 e. The van der Waals surface area contributed by atoms with Crippen LogP contribution in [0.2, 0.25) is 18.1 Å².